The summed E-state index contributed by atoms with van der Waals surface area (Å²) in [6.07, 6.45) is 2.82. The third-order valence-corrected chi connectivity index (χ3v) is 6.98. The molecule has 1 aromatic carbocycles. The molecule has 0 aliphatic carbocycles. The van der Waals surface area contributed by atoms with Gasteiger partial charge < -0.3 is 20.1 Å². The Hall–Kier alpha value is -2.90. The molecule has 2 N–H and O–H groups in total. The number of pyridine rings is 1. The van der Waals surface area contributed by atoms with Gasteiger partial charge in [0.05, 0.1) is 20.8 Å². The van der Waals surface area contributed by atoms with Crippen LogP contribution in [0.4, 0.5) is 11.4 Å². The first kappa shape index (κ1) is 19.1. The number of carbonyl (C=O) groups excluding carboxylic acids is 1. The number of likely N-dealkylation sites (N-methyl/N-ethyl adjacent to an activating group) is 1. The van der Waals surface area contributed by atoms with Gasteiger partial charge in [0, 0.05) is 47.6 Å². The molecule has 0 bridgehead atoms. The Balaban J connectivity index is 1.42. The number of carbonyl (C=O) groups is 1. The van der Waals surface area contributed by atoms with Crippen molar-refractivity contribution in [3.05, 3.63) is 53.2 Å². The van der Waals surface area contributed by atoms with Crippen molar-refractivity contribution in [2.75, 3.05) is 32.5 Å². The number of amides is 1. The monoisotopic (exact) mass is 419 g/mol. The third kappa shape index (κ3) is 3.44. The van der Waals surface area contributed by atoms with E-state index in [1.54, 1.807) is 6.20 Å². The maximum atomic E-state index is 13.1. The lowest BCUT2D eigenvalue weighted by atomic mass is 10.2. The van der Waals surface area contributed by atoms with Gasteiger partial charge in [0.2, 0.25) is 0 Å². The molecule has 4 aromatic rings. The number of rotatable bonds is 4. The molecule has 5 rings (SSSR count). The highest BCUT2D eigenvalue weighted by molar-refractivity contribution is 7.21. The van der Waals surface area contributed by atoms with Crippen LogP contribution in [0, 0.1) is 6.92 Å². The minimum Gasteiger partial charge on any atom is -0.359 e. The smallest absolute Gasteiger partial charge is 0.264 e. The van der Waals surface area contributed by atoms with Crippen LogP contribution in [-0.4, -0.2) is 58.9 Å². The van der Waals surface area contributed by atoms with E-state index in [0.717, 1.165) is 57.2 Å². The van der Waals surface area contributed by atoms with E-state index >= 15 is 0 Å². The van der Waals surface area contributed by atoms with Crippen LogP contribution in [0.5, 0.6) is 0 Å². The summed E-state index contributed by atoms with van der Waals surface area (Å²) < 4.78 is 1.01. The third-order valence-electron chi connectivity index (χ3n) is 5.84. The van der Waals surface area contributed by atoms with Crippen molar-refractivity contribution in [2.24, 2.45) is 0 Å². The summed E-state index contributed by atoms with van der Waals surface area (Å²) in [6.45, 7) is 3.66. The first-order chi connectivity index (χ1) is 14.5. The predicted octanol–water partition coefficient (Wildman–Crippen LogP) is 4.61. The zero-order valence-corrected chi connectivity index (χ0v) is 18.2. The van der Waals surface area contributed by atoms with Gasteiger partial charge in [-0.05, 0) is 63.8 Å². The number of fused-ring (bicyclic) bond motifs is 2. The number of H-pyrrole nitrogens is 1. The Morgan fingerprint density at radius 3 is 2.93 bits per heavy atom. The molecule has 1 aliphatic heterocycles. The van der Waals surface area contributed by atoms with Crippen LogP contribution in [0.1, 0.15) is 21.8 Å². The molecule has 0 spiro atoms. The van der Waals surface area contributed by atoms with E-state index in [1.807, 2.05) is 17.0 Å². The largest absolute Gasteiger partial charge is 0.359 e. The van der Waals surface area contributed by atoms with Crippen molar-refractivity contribution in [1.82, 2.24) is 19.8 Å². The number of hydrogen-bond acceptors (Lipinski definition) is 5. The number of likely N-dealkylation sites (tertiary alicyclic amines) is 1. The highest BCUT2D eigenvalue weighted by Crippen LogP contribution is 2.34. The van der Waals surface area contributed by atoms with Gasteiger partial charge in [-0.15, -0.1) is 11.3 Å². The molecule has 0 radical (unpaired) electrons. The number of aryl methyl sites for hydroxylation is 1. The minimum atomic E-state index is 0.109. The van der Waals surface area contributed by atoms with Gasteiger partial charge >= 0.3 is 0 Å². The van der Waals surface area contributed by atoms with Gasteiger partial charge in [-0.3, -0.25) is 9.78 Å². The van der Waals surface area contributed by atoms with Gasteiger partial charge in [0.15, 0.2) is 0 Å². The van der Waals surface area contributed by atoms with Gasteiger partial charge in [-0.2, -0.15) is 0 Å². The SMILES string of the molecule is Cc1cc2cc(Nc3ccnc4cc(C(=O)N5CC[C@H](N(C)C)C5)sc34)ccc2[nH]1. The van der Waals surface area contributed by atoms with Crippen molar-refractivity contribution in [3.8, 4) is 0 Å². The van der Waals surface area contributed by atoms with Gasteiger partial charge in [-0.25, -0.2) is 0 Å². The van der Waals surface area contributed by atoms with E-state index < -0.39 is 0 Å². The molecule has 0 unspecified atom stereocenters. The number of thiophene rings is 1. The number of aromatic amines is 1. The first-order valence-corrected chi connectivity index (χ1v) is 11.0. The molecule has 1 saturated heterocycles. The maximum absolute atomic E-state index is 13.1. The van der Waals surface area contributed by atoms with E-state index in [4.69, 9.17) is 0 Å². The molecule has 1 fully saturated rings. The van der Waals surface area contributed by atoms with Crippen LogP contribution < -0.4 is 5.32 Å². The number of anilines is 2. The Morgan fingerprint density at radius 2 is 2.13 bits per heavy atom. The lowest BCUT2D eigenvalue weighted by Crippen LogP contribution is -2.34. The average molecular weight is 420 g/mol. The molecule has 154 valence electrons. The lowest BCUT2D eigenvalue weighted by Gasteiger charge is -2.19. The highest BCUT2D eigenvalue weighted by Gasteiger charge is 2.29. The minimum absolute atomic E-state index is 0.109. The van der Waals surface area contributed by atoms with Crippen LogP contribution in [0.25, 0.3) is 21.1 Å². The molecule has 6 nitrogen and oxygen atoms in total. The van der Waals surface area contributed by atoms with Crippen LogP contribution in [-0.2, 0) is 0 Å². The summed E-state index contributed by atoms with van der Waals surface area (Å²) in [7, 11) is 4.15. The van der Waals surface area contributed by atoms with Gasteiger partial charge in [0.1, 0.15) is 0 Å². The van der Waals surface area contributed by atoms with Gasteiger partial charge in [0.25, 0.3) is 5.91 Å². The van der Waals surface area contributed by atoms with Crippen LogP contribution in [0.2, 0.25) is 0 Å². The Labute approximate surface area is 179 Å². The number of benzene rings is 1. The molecular formula is C23H25N5OS. The summed E-state index contributed by atoms with van der Waals surface area (Å²) in [5.74, 6) is 0.109. The van der Waals surface area contributed by atoms with Crippen molar-refractivity contribution in [2.45, 2.75) is 19.4 Å². The van der Waals surface area contributed by atoms with Crippen molar-refractivity contribution in [3.63, 3.8) is 0 Å². The quantitative estimate of drug-likeness (QED) is 0.507. The zero-order chi connectivity index (χ0) is 20.8. The Kier molecular flexibility index (Phi) is 4.72. The average Bonchev–Trinajstić information content (AvgIpc) is 3.44. The fraction of sp³-hybridized carbons (Fsp3) is 0.304. The van der Waals surface area contributed by atoms with Crippen molar-refractivity contribution in [1.29, 1.82) is 0 Å². The van der Waals surface area contributed by atoms with Crippen molar-refractivity contribution >= 4 is 49.7 Å². The van der Waals surface area contributed by atoms with Crippen LogP contribution >= 0.6 is 11.3 Å². The highest BCUT2D eigenvalue weighted by atomic mass is 32.1. The first-order valence-electron chi connectivity index (χ1n) is 10.2. The van der Waals surface area contributed by atoms with E-state index in [2.05, 4.69) is 65.5 Å². The molecule has 0 saturated carbocycles. The van der Waals surface area contributed by atoms with E-state index in [-0.39, 0.29) is 5.91 Å². The fourth-order valence-electron chi connectivity index (χ4n) is 4.16. The second-order valence-corrected chi connectivity index (χ2v) is 9.27. The van der Waals surface area contributed by atoms with E-state index in [1.165, 1.54) is 16.7 Å². The molecule has 1 atom stereocenters. The van der Waals surface area contributed by atoms with Crippen molar-refractivity contribution < 1.29 is 4.79 Å². The summed E-state index contributed by atoms with van der Waals surface area (Å²) >= 11 is 1.52. The Bertz CT molecular complexity index is 1240. The number of hydrogen-bond donors (Lipinski definition) is 2. The molecule has 30 heavy (non-hydrogen) atoms. The summed E-state index contributed by atoms with van der Waals surface area (Å²) in [6, 6.07) is 12.8. The van der Waals surface area contributed by atoms with Crippen LogP contribution in [0.15, 0.2) is 42.6 Å². The van der Waals surface area contributed by atoms with Gasteiger partial charge in [-0.1, -0.05) is 0 Å². The number of aromatic nitrogens is 2. The lowest BCUT2D eigenvalue weighted by molar-refractivity contribution is 0.0788. The topological polar surface area (TPSA) is 64.3 Å². The van der Waals surface area contributed by atoms with Crippen LogP contribution in [0.3, 0.4) is 0 Å². The fourth-order valence-corrected chi connectivity index (χ4v) is 5.21. The molecule has 7 heteroatoms. The number of nitrogens with zero attached hydrogens (tertiary/aromatic N) is 3. The van der Waals surface area contributed by atoms with E-state index in [9.17, 15) is 4.79 Å². The summed E-state index contributed by atoms with van der Waals surface area (Å²) in [4.78, 5) is 25.8. The molecular weight excluding hydrogens is 394 g/mol. The summed E-state index contributed by atoms with van der Waals surface area (Å²) in [5, 5.41) is 4.69. The second-order valence-electron chi connectivity index (χ2n) is 8.22. The molecule has 4 heterocycles. The predicted molar refractivity (Wildman–Crippen MR) is 124 cm³/mol. The zero-order valence-electron chi connectivity index (χ0n) is 17.4. The summed E-state index contributed by atoms with van der Waals surface area (Å²) in [5.41, 5.74) is 5.12. The normalized spacial score (nSPS) is 16.8. The Morgan fingerprint density at radius 1 is 1.27 bits per heavy atom. The second kappa shape index (κ2) is 7.41. The molecule has 1 amide bonds. The van der Waals surface area contributed by atoms with E-state index in [0.29, 0.717) is 6.04 Å². The maximum Gasteiger partial charge on any atom is 0.264 e. The molecule has 3 aromatic heterocycles. The molecule has 1 aliphatic rings. The standard InChI is InChI=1S/C23H25N5OS/c1-14-10-15-11-16(4-5-18(15)25-14)26-19-6-8-24-20-12-21(30-22(19)20)23(29)28-9-7-17(13-28)27(2)3/h4-6,8,10-12,17,25H,7,9,13H2,1-3H3,(H,24,26)/t17-/m0/s1. The number of nitrogens with one attached hydrogen (secondary N) is 2.